The third kappa shape index (κ3) is 2.85. The van der Waals surface area contributed by atoms with E-state index in [1.807, 2.05) is 11.8 Å². The quantitative estimate of drug-likeness (QED) is 0.830. The third-order valence-corrected chi connectivity index (χ3v) is 6.72. The Hall–Kier alpha value is -1.78. The highest BCUT2D eigenvalue weighted by Gasteiger charge is 2.53. The van der Waals surface area contributed by atoms with Crippen LogP contribution in [-0.4, -0.2) is 33.7 Å². The van der Waals surface area contributed by atoms with E-state index in [9.17, 15) is 5.11 Å². The standard InChI is InChI=1S/C22H27N2OS/c1-4-18-8-10-19(11-9-18)22(25)15-23(21-24(22)12-5-13-26-21)20-14-16(2)6-7-17(20)3/h6-11,14,25H,4-5,12-13,15H2,1-3H3/q+1. The molecule has 4 rings (SSSR count). The first-order valence-electron chi connectivity index (χ1n) is 9.47. The molecule has 2 aliphatic rings. The number of aryl methyl sites for hydroxylation is 3. The molecule has 1 atom stereocenters. The molecule has 2 aliphatic heterocycles. The van der Waals surface area contributed by atoms with Gasteiger partial charge >= 0.3 is 5.17 Å². The summed E-state index contributed by atoms with van der Waals surface area (Å²) in [5.74, 6) is 1.11. The average Bonchev–Trinajstić information content (AvgIpc) is 2.98. The highest BCUT2D eigenvalue weighted by atomic mass is 32.2. The lowest BCUT2D eigenvalue weighted by molar-refractivity contribution is -0.656. The van der Waals surface area contributed by atoms with Gasteiger partial charge in [0.1, 0.15) is 5.69 Å². The van der Waals surface area contributed by atoms with Gasteiger partial charge in [0.05, 0.1) is 6.54 Å². The van der Waals surface area contributed by atoms with Crippen molar-refractivity contribution < 1.29 is 9.68 Å². The highest BCUT2D eigenvalue weighted by Crippen LogP contribution is 2.38. The number of β-amino-alcohol motifs (C(OH)–C–C–N with tert-alkyl or cyclic N) is 1. The SMILES string of the molecule is CCc1ccc(C2(O)CN(c3cc(C)ccc3C)C3=[N+]2CCCS3)cc1. The van der Waals surface area contributed by atoms with Crippen LogP contribution in [0.5, 0.6) is 0 Å². The van der Waals surface area contributed by atoms with E-state index in [1.165, 1.54) is 27.5 Å². The first-order valence-corrected chi connectivity index (χ1v) is 10.5. The van der Waals surface area contributed by atoms with Crippen molar-refractivity contribution in [3.63, 3.8) is 0 Å². The number of amidine groups is 1. The summed E-state index contributed by atoms with van der Waals surface area (Å²) < 4.78 is 2.21. The van der Waals surface area contributed by atoms with E-state index in [1.54, 1.807) is 0 Å². The van der Waals surface area contributed by atoms with Crippen LogP contribution in [0.2, 0.25) is 0 Å². The monoisotopic (exact) mass is 367 g/mol. The van der Waals surface area contributed by atoms with E-state index >= 15 is 0 Å². The lowest BCUT2D eigenvalue weighted by Crippen LogP contribution is -2.41. The summed E-state index contributed by atoms with van der Waals surface area (Å²) in [6.45, 7) is 7.92. The fourth-order valence-electron chi connectivity index (χ4n) is 3.95. The molecular weight excluding hydrogens is 340 g/mol. The Labute approximate surface area is 160 Å². The first kappa shape index (κ1) is 17.6. The van der Waals surface area contributed by atoms with E-state index < -0.39 is 5.72 Å². The second kappa shape index (κ2) is 6.75. The average molecular weight is 368 g/mol. The molecule has 136 valence electrons. The molecule has 0 radical (unpaired) electrons. The first-order chi connectivity index (χ1) is 12.5. The third-order valence-electron chi connectivity index (χ3n) is 5.52. The number of rotatable bonds is 3. The summed E-state index contributed by atoms with van der Waals surface area (Å²) in [6.07, 6.45) is 2.12. The van der Waals surface area contributed by atoms with Gasteiger partial charge in [-0.3, -0.25) is 0 Å². The van der Waals surface area contributed by atoms with Crippen molar-refractivity contribution in [2.45, 2.75) is 39.3 Å². The molecule has 3 nitrogen and oxygen atoms in total. The smallest absolute Gasteiger partial charge is 0.316 e. The minimum absolute atomic E-state index is 0.575. The van der Waals surface area contributed by atoms with Crippen molar-refractivity contribution in [1.29, 1.82) is 0 Å². The second-order valence-electron chi connectivity index (χ2n) is 7.38. The molecule has 0 aromatic heterocycles. The molecule has 4 heteroatoms. The molecule has 2 aromatic carbocycles. The van der Waals surface area contributed by atoms with Crippen molar-refractivity contribution in [2.24, 2.45) is 0 Å². The molecule has 0 aliphatic carbocycles. The van der Waals surface area contributed by atoms with Gasteiger partial charge in [-0.25, -0.2) is 9.48 Å². The number of hydrogen-bond acceptors (Lipinski definition) is 3. The zero-order chi connectivity index (χ0) is 18.3. The highest BCUT2D eigenvalue weighted by molar-refractivity contribution is 8.13. The predicted molar refractivity (Wildman–Crippen MR) is 110 cm³/mol. The molecule has 0 amide bonds. The van der Waals surface area contributed by atoms with Gasteiger partial charge in [-0.2, -0.15) is 0 Å². The van der Waals surface area contributed by atoms with Gasteiger partial charge in [-0.05, 0) is 61.2 Å². The van der Waals surface area contributed by atoms with E-state index in [4.69, 9.17) is 0 Å². The van der Waals surface area contributed by atoms with Crippen LogP contribution in [-0.2, 0) is 12.1 Å². The molecular formula is C22H27N2OS+. The van der Waals surface area contributed by atoms with Gasteiger partial charge in [0.15, 0.2) is 6.54 Å². The minimum atomic E-state index is -0.967. The van der Waals surface area contributed by atoms with Crippen LogP contribution < -0.4 is 4.90 Å². The summed E-state index contributed by atoms with van der Waals surface area (Å²) in [7, 11) is 0. The Kier molecular flexibility index (Phi) is 4.57. The molecule has 26 heavy (non-hydrogen) atoms. The van der Waals surface area contributed by atoms with Crippen LogP contribution >= 0.6 is 11.8 Å². The van der Waals surface area contributed by atoms with Crippen molar-refractivity contribution >= 4 is 22.6 Å². The van der Waals surface area contributed by atoms with Crippen LogP contribution in [0.25, 0.3) is 0 Å². The van der Waals surface area contributed by atoms with Crippen LogP contribution in [0.1, 0.15) is 35.6 Å². The maximum absolute atomic E-state index is 11.8. The number of benzene rings is 2. The lowest BCUT2D eigenvalue weighted by atomic mass is 9.99. The van der Waals surface area contributed by atoms with Crippen molar-refractivity contribution in [2.75, 3.05) is 23.7 Å². The van der Waals surface area contributed by atoms with Crippen molar-refractivity contribution in [1.82, 2.24) is 0 Å². The van der Waals surface area contributed by atoms with E-state index in [-0.39, 0.29) is 0 Å². The summed E-state index contributed by atoms with van der Waals surface area (Å²) in [6, 6.07) is 15.1. The Bertz CT molecular complexity index is 859. The second-order valence-corrected chi connectivity index (χ2v) is 8.44. The molecule has 1 unspecified atom stereocenters. The summed E-state index contributed by atoms with van der Waals surface area (Å²) in [5.41, 5.74) is 5.04. The zero-order valence-electron chi connectivity index (χ0n) is 15.8. The molecule has 0 saturated heterocycles. The molecule has 0 fully saturated rings. The maximum atomic E-state index is 11.8. The largest absolute Gasteiger partial charge is 0.346 e. The zero-order valence-corrected chi connectivity index (χ0v) is 16.6. The molecule has 2 aromatic rings. The lowest BCUT2D eigenvalue weighted by Gasteiger charge is -2.24. The Balaban J connectivity index is 1.80. The molecule has 0 spiro atoms. The minimum Gasteiger partial charge on any atom is -0.346 e. The van der Waals surface area contributed by atoms with E-state index in [0.717, 1.165) is 30.7 Å². The number of hydrogen-bond donors (Lipinski definition) is 1. The summed E-state index contributed by atoms with van der Waals surface area (Å²) in [4.78, 5) is 2.32. The number of nitrogens with zero attached hydrogens (tertiary/aromatic N) is 2. The molecule has 0 bridgehead atoms. The fourth-order valence-corrected chi connectivity index (χ4v) is 5.13. The molecule has 2 heterocycles. The van der Waals surface area contributed by atoms with Gasteiger partial charge in [0.2, 0.25) is 0 Å². The topological polar surface area (TPSA) is 26.5 Å². The summed E-state index contributed by atoms with van der Waals surface area (Å²) in [5, 5.41) is 13.0. The van der Waals surface area contributed by atoms with E-state index in [0.29, 0.717) is 6.54 Å². The van der Waals surface area contributed by atoms with Crippen molar-refractivity contribution in [3.05, 3.63) is 64.7 Å². The van der Waals surface area contributed by atoms with Crippen LogP contribution in [0.4, 0.5) is 5.69 Å². The number of anilines is 1. The number of aliphatic hydroxyl groups is 1. The van der Waals surface area contributed by atoms with Crippen molar-refractivity contribution in [3.8, 4) is 0 Å². The van der Waals surface area contributed by atoms with Gasteiger partial charge in [0, 0.05) is 11.3 Å². The van der Waals surface area contributed by atoms with Gasteiger partial charge in [0.25, 0.3) is 5.72 Å². The van der Waals surface area contributed by atoms with Gasteiger partial charge in [-0.15, -0.1) is 0 Å². The summed E-state index contributed by atoms with van der Waals surface area (Å²) >= 11 is 1.86. The van der Waals surface area contributed by atoms with Crippen LogP contribution in [0, 0.1) is 13.8 Å². The van der Waals surface area contributed by atoms with Crippen LogP contribution in [0.3, 0.4) is 0 Å². The Morgan fingerprint density at radius 3 is 2.65 bits per heavy atom. The van der Waals surface area contributed by atoms with E-state index in [2.05, 4.69) is 72.7 Å². The fraction of sp³-hybridized carbons (Fsp3) is 0.409. The number of thioether (sulfide) groups is 1. The van der Waals surface area contributed by atoms with Crippen LogP contribution in [0.15, 0.2) is 42.5 Å². The Morgan fingerprint density at radius 2 is 1.92 bits per heavy atom. The molecule has 0 saturated carbocycles. The normalized spacial score (nSPS) is 22.7. The maximum Gasteiger partial charge on any atom is 0.316 e. The van der Waals surface area contributed by atoms with Gasteiger partial charge in [-0.1, -0.05) is 43.3 Å². The predicted octanol–water partition coefficient (Wildman–Crippen LogP) is 4.04. The molecule has 1 N–H and O–H groups in total. The van der Waals surface area contributed by atoms with Gasteiger partial charge < -0.3 is 5.11 Å². The Morgan fingerprint density at radius 1 is 1.15 bits per heavy atom.